The maximum absolute atomic E-state index is 5.70. The minimum absolute atomic E-state index is 0.0176. The summed E-state index contributed by atoms with van der Waals surface area (Å²) in [4.78, 5) is 11.4. The Morgan fingerprint density at radius 2 is 0.478 bits per heavy atom. The Morgan fingerprint density at radius 3 is 0.652 bits per heavy atom. The normalized spacial score (nSPS) is 13.7. The molecule has 0 N–H and O–H groups in total. The second-order valence-electron chi connectivity index (χ2n) is 17.7. The molecular weight excluding hydrogens is 556 g/mol. The van der Waals surface area contributed by atoms with Gasteiger partial charge >= 0.3 is 0 Å². The van der Waals surface area contributed by atoms with Crippen molar-refractivity contribution in [3.63, 3.8) is 0 Å². The second-order valence-corrected chi connectivity index (χ2v) is 17.7. The first-order chi connectivity index (χ1) is 21.3. The van der Waals surface area contributed by atoms with Crippen LogP contribution in [0.15, 0.2) is 72.8 Å². The lowest BCUT2D eigenvalue weighted by Gasteiger charge is -2.23. The molecule has 0 spiro atoms. The summed E-state index contributed by atoms with van der Waals surface area (Å²) in [5.74, 6) is 0. The standard InChI is InChI=1S/C44H48N2/c1-41(2,3)25-13-17-29-30-18-14-26(42(4,5)6)22-34(30)38-37(33(29)21-25)45-39-35-23-27(43(7,8)9)15-19-31(35)32-20-16-28(44(10,11)12)24-36(32)40(39)46-38/h13-24H,1-12H3. The molecule has 6 aromatic carbocycles. The number of nitrogens with zero attached hydrogens (tertiary/aromatic N) is 2. The lowest BCUT2D eigenvalue weighted by molar-refractivity contribution is 0.590. The van der Waals surface area contributed by atoms with Crippen molar-refractivity contribution >= 4 is 65.2 Å². The molecule has 0 aliphatic heterocycles. The van der Waals surface area contributed by atoms with Gasteiger partial charge < -0.3 is 0 Å². The number of benzene rings is 6. The molecule has 46 heavy (non-hydrogen) atoms. The van der Waals surface area contributed by atoms with Gasteiger partial charge in [0, 0.05) is 21.5 Å². The zero-order valence-corrected chi connectivity index (χ0v) is 29.8. The monoisotopic (exact) mass is 604 g/mol. The quantitative estimate of drug-likeness (QED) is 0.127. The largest absolute Gasteiger partial charge is 0.243 e. The van der Waals surface area contributed by atoms with Crippen molar-refractivity contribution in [1.82, 2.24) is 9.97 Å². The third-order valence-electron chi connectivity index (χ3n) is 10.0. The first-order valence-corrected chi connectivity index (χ1v) is 16.8. The van der Waals surface area contributed by atoms with E-state index in [1.54, 1.807) is 0 Å². The van der Waals surface area contributed by atoms with Gasteiger partial charge in [0.25, 0.3) is 0 Å². The van der Waals surface area contributed by atoms with E-state index in [4.69, 9.17) is 9.97 Å². The summed E-state index contributed by atoms with van der Waals surface area (Å²) >= 11 is 0. The Balaban J connectivity index is 1.77. The van der Waals surface area contributed by atoms with Crippen LogP contribution in [0.25, 0.3) is 65.2 Å². The van der Waals surface area contributed by atoms with Gasteiger partial charge in [-0.1, -0.05) is 132 Å². The van der Waals surface area contributed by atoms with Gasteiger partial charge in [0.15, 0.2) is 0 Å². The van der Waals surface area contributed by atoms with Crippen LogP contribution in [0.5, 0.6) is 0 Å². The van der Waals surface area contributed by atoms with Crippen LogP contribution in [0.4, 0.5) is 0 Å². The van der Waals surface area contributed by atoms with Crippen molar-refractivity contribution in [2.45, 2.75) is 105 Å². The summed E-state index contributed by atoms with van der Waals surface area (Å²) in [5, 5.41) is 9.65. The van der Waals surface area contributed by atoms with Gasteiger partial charge in [-0.3, -0.25) is 0 Å². The zero-order valence-electron chi connectivity index (χ0n) is 29.8. The summed E-state index contributed by atoms with van der Waals surface area (Å²) in [6, 6.07) is 27.9. The minimum Gasteiger partial charge on any atom is -0.243 e. The highest BCUT2D eigenvalue weighted by molar-refractivity contribution is 6.28. The Morgan fingerprint density at radius 1 is 0.283 bits per heavy atom. The van der Waals surface area contributed by atoms with E-state index in [0.29, 0.717) is 0 Å². The molecule has 0 radical (unpaired) electrons. The summed E-state index contributed by atoms with van der Waals surface area (Å²) in [6.07, 6.45) is 0. The highest BCUT2D eigenvalue weighted by Gasteiger charge is 2.23. The van der Waals surface area contributed by atoms with Crippen LogP contribution in [0.3, 0.4) is 0 Å². The van der Waals surface area contributed by atoms with E-state index in [0.717, 1.165) is 22.1 Å². The fourth-order valence-corrected chi connectivity index (χ4v) is 6.95. The van der Waals surface area contributed by atoms with Gasteiger partial charge in [-0.25, -0.2) is 9.97 Å². The number of fused-ring (bicyclic) bond motifs is 12. The molecule has 7 aromatic rings. The molecule has 1 aromatic heterocycles. The molecule has 0 saturated heterocycles. The van der Waals surface area contributed by atoms with Crippen molar-refractivity contribution in [2.24, 2.45) is 0 Å². The number of rotatable bonds is 0. The average molecular weight is 605 g/mol. The minimum atomic E-state index is 0.0176. The van der Waals surface area contributed by atoms with Gasteiger partial charge in [0.2, 0.25) is 0 Å². The van der Waals surface area contributed by atoms with Gasteiger partial charge in [0.1, 0.15) is 0 Å². The van der Waals surface area contributed by atoms with Crippen molar-refractivity contribution < 1.29 is 0 Å². The van der Waals surface area contributed by atoms with E-state index in [-0.39, 0.29) is 21.7 Å². The molecule has 0 aliphatic rings. The predicted molar refractivity (Wildman–Crippen MR) is 202 cm³/mol. The molecule has 2 nitrogen and oxygen atoms in total. The maximum Gasteiger partial charge on any atom is 0.0979 e. The molecule has 0 aliphatic carbocycles. The van der Waals surface area contributed by atoms with Crippen LogP contribution in [-0.4, -0.2) is 9.97 Å². The number of hydrogen-bond acceptors (Lipinski definition) is 2. The van der Waals surface area contributed by atoms with E-state index in [1.807, 2.05) is 0 Å². The van der Waals surface area contributed by atoms with Gasteiger partial charge in [-0.2, -0.15) is 0 Å². The first kappa shape index (κ1) is 30.6. The van der Waals surface area contributed by atoms with E-state index in [2.05, 4.69) is 156 Å². The van der Waals surface area contributed by atoms with Gasteiger partial charge in [-0.05, 0) is 89.7 Å². The van der Waals surface area contributed by atoms with E-state index in [1.165, 1.54) is 65.3 Å². The fourth-order valence-electron chi connectivity index (χ4n) is 6.95. The van der Waals surface area contributed by atoms with Crippen LogP contribution in [0, 0.1) is 0 Å². The van der Waals surface area contributed by atoms with Crippen molar-refractivity contribution in [3.05, 3.63) is 95.1 Å². The van der Waals surface area contributed by atoms with Crippen molar-refractivity contribution in [3.8, 4) is 0 Å². The fraction of sp³-hybridized carbons (Fsp3) is 0.364. The Hall–Kier alpha value is -4.04. The Kier molecular flexibility index (Phi) is 6.48. The summed E-state index contributed by atoms with van der Waals surface area (Å²) in [6.45, 7) is 27.4. The average Bonchev–Trinajstić information content (AvgIpc) is 2.97. The molecule has 0 bridgehead atoms. The van der Waals surface area contributed by atoms with Crippen molar-refractivity contribution in [2.75, 3.05) is 0 Å². The smallest absolute Gasteiger partial charge is 0.0979 e. The molecule has 0 saturated carbocycles. The van der Waals surface area contributed by atoms with Crippen LogP contribution in [0.1, 0.15) is 105 Å². The summed E-state index contributed by atoms with van der Waals surface area (Å²) in [5.41, 5.74) is 9.25. The van der Waals surface area contributed by atoms with Gasteiger partial charge in [0.05, 0.1) is 22.1 Å². The lowest BCUT2D eigenvalue weighted by Crippen LogP contribution is -2.12. The molecule has 1 heterocycles. The van der Waals surface area contributed by atoms with Crippen LogP contribution < -0.4 is 0 Å². The van der Waals surface area contributed by atoms with Crippen LogP contribution >= 0.6 is 0 Å². The molecule has 0 amide bonds. The van der Waals surface area contributed by atoms with E-state index >= 15 is 0 Å². The lowest BCUT2D eigenvalue weighted by atomic mass is 9.83. The number of aromatic nitrogens is 2. The predicted octanol–water partition coefficient (Wildman–Crippen LogP) is 12.6. The molecule has 7 rings (SSSR count). The molecule has 2 heteroatoms. The number of hydrogen-bond donors (Lipinski definition) is 0. The van der Waals surface area contributed by atoms with E-state index < -0.39 is 0 Å². The topological polar surface area (TPSA) is 25.8 Å². The molecule has 0 fully saturated rings. The summed E-state index contributed by atoms with van der Waals surface area (Å²) < 4.78 is 0. The Bertz CT molecular complexity index is 2040. The third kappa shape index (κ3) is 4.84. The Labute approximate surface area is 274 Å². The zero-order chi connectivity index (χ0) is 33.1. The second kappa shape index (κ2) is 9.74. The molecule has 0 unspecified atom stereocenters. The van der Waals surface area contributed by atoms with Crippen molar-refractivity contribution in [1.29, 1.82) is 0 Å². The highest BCUT2D eigenvalue weighted by atomic mass is 14.8. The molecule has 234 valence electrons. The first-order valence-electron chi connectivity index (χ1n) is 16.8. The third-order valence-corrected chi connectivity index (χ3v) is 10.0. The highest BCUT2D eigenvalue weighted by Crippen LogP contribution is 2.42. The SMILES string of the molecule is CC(C)(C)c1ccc2c3ccc(C(C)(C)C)cc3c3nc4c5cc(C(C)(C)C)ccc5c5ccc(C(C)(C)C)cc5c4nc3c2c1. The maximum atomic E-state index is 5.70. The summed E-state index contributed by atoms with van der Waals surface area (Å²) in [7, 11) is 0. The van der Waals surface area contributed by atoms with Crippen LogP contribution in [-0.2, 0) is 21.7 Å². The van der Waals surface area contributed by atoms with Gasteiger partial charge in [-0.15, -0.1) is 0 Å². The van der Waals surface area contributed by atoms with E-state index in [9.17, 15) is 0 Å². The molecular formula is C44H48N2. The van der Waals surface area contributed by atoms with Crippen LogP contribution in [0.2, 0.25) is 0 Å². The molecule has 0 atom stereocenters.